The van der Waals surface area contributed by atoms with Crippen LogP contribution in [0, 0.1) is 5.82 Å². The Hall–Kier alpha value is -1.91. The van der Waals surface area contributed by atoms with Gasteiger partial charge < -0.3 is 10.2 Å². The molecule has 4 nitrogen and oxygen atoms in total. The van der Waals surface area contributed by atoms with Crippen molar-refractivity contribution in [2.75, 3.05) is 13.1 Å². The molecule has 1 aromatic carbocycles. The summed E-state index contributed by atoms with van der Waals surface area (Å²) in [6, 6.07) is 5.95. The lowest BCUT2D eigenvalue weighted by Gasteiger charge is -2.32. The third kappa shape index (κ3) is 3.35. The van der Waals surface area contributed by atoms with Gasteiger partial charge in [0.15, 0.2) is 0 Å². The highest BCUT2D eigenvalue weighted by Gasteiger charge is 2.23. The fraction of sp³-hybridized carbons (Fsp3) is 0.467. The van der Waals surface area contributed by atoms with Gasteiger partial charge >= 0.3 is 0 Å². The molecule has 20 heavy (non-hydrogen) atoms. The van der Waals surface area contributed by atoms with Crippen LogP contribution < -0.4 is 5.32 Å². The Labute approximate surface area is 118 Å². The molecular weight excluding hydrogens is 259 g/mol. The average molecular weight is 278 g/mol. The number of hydrogen-bond acceptors (Lipinski definition) is 2. The van der Waals surface area contributed by atoms with Gasteiger partial charge in [0.25, 0.3) is 5.91 Å². The minimum Gasteiger partial charge on any atom is -0.349 e. The van der Waals surface area contributed by atoms with Crippen LogP contribution in [0.3, 0.4) is 0 Å². The van der Waals surface area contributed by atoms with Gasteiger partial charge in [-0.05, 0) is 25.0 Å². The normalized spacial score (nSPS) is 16.0. The second-order valence-electron chi connectivity index (χ2n) is 4.96. The molecule has 2 rings (SSSR count). The first-order chi connectivity index (χ1) is 9.61. The number of piperidine rings is 1. The summed E-state index contributed by atoms with van der Waals surface area (Å²) in [5.41, 5.74) is 0.0690. The molecule has 1 fully saturated rings. The van der Waals surface area contributed by atoms with Crippen molar-refractivity contribution >= 4 is 11.8 Å². The molecule has 108 valence electrons. The van der Waals surface area contributed by atoms with Crippen LogP contribution in [0.1, 0.15) is 36.5 Å². The molecule has 0 aromatic heterocycles. The van der Waals surface area contributed by atoms with Crippen molar-refractivity contribution in [3.63, 3.8) is 0 Å². The average Bonchev–Trinajstić information content (AvgIpc) is 2.47. The zero-order valence-electron chi connectivity index (χ0n) is 11.6. The number of rotatable bonds is 3. The van der Waals surface area contributed by atoms with Crippen LogP contribution in [0.4, 0.5) is 4.39 Å². The Bertz CT molecular complexity index is 496. The van der Waals surface area contributed by atoms with Crippen LogP contribution in [0.5, 0.6) is 0 Å². The molecule has 0 radical (unpaired) electrons. The zero-order chi connectivity index (χ0) is 14.5. The number of carbonyl (C=O) groups is 2. The van der Waals surface area contributed by atoms with Crippen molar-refractivity contribution in [1.29, 1.82) is 0 Å². The van der Waals surface area contributed by atoms with E-state index in [-0.39, 0.29) is 23.4 Å². The van der Waals surface area contributed by atoms with E-state index in [1.807, 2.05) is 11.8 Å². The molecule has 0 unspecified atom stereocenters. The van der Waals surface area contributed by atoms with Crippen molar-refractivity contribution < 1.29 is 14.0 Å². The van der Waals surface area contributed by atoms with Gasteiger partial charge in [0.1, 0.15) is 5.82 Å². The molecule has 1 saturated heterocycles. The Kier molecular flexibility index (Phi) is 4.71. The number of hydrogen-bond donors (Lipinski definition) is 1. The second-order valence-corrected chi connectivity index (χ2v) is 4.96. The number of benzene rings is 1. The first-order valence-electron chi connectivity index (χ1n) is 6.95. The van der Waals surface area contributed by atoms with Crippen LogP contribution in [-0.4, -0.2) is 35.8 Å². The third-order valence-corrected chi connectivity index (χ3v) is 3.60. The number of carbonyl (C=O) groups excluding carboxylic acids is 2. The summed E-state index contributed by atoms with van der Waals surface area (Å²) < 4.78 is 13.5. The quantitative estimate of drug-likeness (QED) is 0.919. The van der Waals surface area contributed by atoms with E-state index in [9.17, 15) is 14.0 Å². The molecule has 1 aliphatic rings. The molecule has 0 bridgehead atoms. The number of likely N-dealkylation sites (tertiary alicyclic amines) is 1. The fourth-order valence-electron chi connectivity index (χ4n) is 2.41. The number of nitrogens with zero attached hydrogens (tertiary/aromatic N) is 1. The summed E-state index contributed by atoms with van der Waals surface area (Å²) in [5.74, 6) is -0.754. The van der Waals surface area contributed by atoms with Gasteiger partial charge in [0, 0.05) is 25.6 Å². The van der Waals surface area contributed by atoms with Gasteiger partial charge in [-0.25, -0.2) is 4.39 Å². The van der Waals surface area contributed by atoms with Crippen molar-refractivity contribution in [1.82, 2.24) is 10.2 Å². The maximum Gasteiger partial charge on any atom is 0.254 e. The van der Waals surface area contributed by atoms with Crippen molar-refractivity contribution in [2.45, 2.75) is 32.2 Å². The lowest BCUT2D eigenvalue weighted by molar-refractivity contribution is -0.131. The Balaban J connectivity index is 1.88. The summed E-state index contributed by atoms with van der Waals surface area (Å²) >= 11 is 0. The van der Waals surface area contributed by atoms with E-state index in [0.717, 1.165) is 0 Å². The lowest BCUT2D eigenvalue weighted by Crippen LogP contribution is -2.46. The van der Waals surface area contributed by atoms with Gasteiger partial charge in [-0.3, -0.25) is 9.59 Å². The molecule has 5 heteroatoms. The predicted octanol–water partition coefficient (Wildman–Crippen LogP) is 1.96. The van der Waals surface area contributed by atoms with Gasteiger partial charge in [0.05, 0.1) is 5.56 Å². The van der Waals surface area contributed by atoms with Crippen molar-refractivity contribution in [2.24, 2.45) is 0 Å². The smallest absolute Gasteiger partial charge is 0.254 e. The molecule has 0 atom stereocenters. The molecule has 0 aliphatic carbocycles. The minimum absolute atomic E-state index is 0.00279. The summed E-state index contributed by atoms with van der Waals surface area (Å²) in [7, 11) is 0. The first-order valence-corrected chi connectivity index (χ1v) is 6.95. The molecule has 1 aromatic rings. The van der Waals surface area contributed by atoms with Gasteiger partial charge in [-0.2, -0.15) is 0 Å². The van der Waals surface area contributed by atoms with E-state index in [1.54, 1.807) is 12.1 Å². The third-order valence-electron chi connectivity index (χ3n) is 3.60. The topological polar surface area (TPSA) is 49.4 Å². The molecule has 1 heterocycles. The summed E-state index contributed by atoms with van der Waals surface area (Å²) in [6.45, 7) is 3.14. The molecule has 1 aliphatic heterocycles. The largest absolute Gasteiger partial charge is 0.349 e. The summed E-state index contributed by atoms with van der Waals surface area (Å²) in [5, 5.41) is 2.84. The molecule has 0 saturated carbocycles. The minimum atomic E-state index is -0.511. The Morgan fingerprint density at radius 1 is 1.30 bits per heavy atom. The zero-order valence-corrected chi connectivity index (χ0v) is 11.6. The fourth-order valence-corrected chi connectivity index (χ4v) is 2.41. The summed E-state index contributed by atoms with van der Waals surface area (Å²) in [4.78, 5) is 25.3. The van der Waals surface area contributed by atoms with Crippen molar-refractivity contribution in [3.05, 3.63) is 35.6 Å². The first kappa shape index (κ1) is 14.5. The standard InChI is InChI=1S/C15H19FN2O2/c1-2-14(19)18-9-7-11(8-10-18)17-15(20)12-5-3-4-6-13(12)16/h3-6,11H,2,7-10H2,1H3,(H,17,20). The van der Waals surface area contributed by atoms with Crippen LogP contribution in [-0.2, 0) is 4.79 Å². The van der Waals surface area contributed by atoms with Gasteiger partial charge in [-0.1, -0.05) is 19.1 Å². The number of nitrogens with one attached hydrogen (secondary N) is 1. The number of halogens is 1. The van der Waals surface area contributed by atoms with E-state index in [4.69, 9.17) is 0 Å². The molecule has 0 spiro atoms. The van der Waals surface area contributed by atoms with E-state index in [1.165, 1.54) is 12.1 Å². The monoisotopic (exact) mass is 278 g/mol. The van der Waals surface area contributed by atoms with Gasteiger partial charge in [-0.15, -0.1) is 0 Å². The van der Waals surface area contributed by atoms with Crippen LogP contribution in [0.2, 0.25) is 0 Å². The SMILES string of the molecule is CCC(=O)N1CCC(NC(=O)c2ccccc2F)CC1. The second kappa shape index (κ2) is 6.50. The van der Waals surface area contributed by atoms with Crippen LogP contribution in [0.15, 0.2) is 24.3 Å². The van der Waals surface area contributed by atoms with E-state index in [2.05, 4.69) is 5.32 Å². The van der Waals surface area contributed by atoms with E-state index >= 15 is 0 Å². The van der Waals surface area contributed by atoms with Crippen molar-refractivity contribution in [3.8, 4) is 0 Å². The molecule has 1 N–H and O–H groups in total. The predicted molar refractivity (Wildman–Crippen MR) is 73.8 cm³/mol. The highest BCUT2D eigenvalue weighted by atomic mass is 19.1. The van der Waals surface area contributed by atoms with Gasteiger partial charge in [0.2, 0.25) is 5.91 Å². The Morgan fingerprint density at radius 3 is 2.55 bits per heavy atom. The van der Waals surface area contributed by atoms with E-state index < -0.39 is 5.82 Å². The van der Waals surface area contributed by atoms with Crippen LogP contribution >= 0.6 is 0 Å². The lowest BCUT2D eigenvalue weighted by atomic mass is 10.0. The molecular formula is C15H19FN2O2. The highest BCUT2D eigenvalue weighted by molar-refractivity contribution is 5.94. The van der Waals surface area contributed by atoms with Crippen LogP contribution in [0.25, 0.3) is 0 Å². The Morgan fingerprint density at radius 2 is 1.95 bits per heavy atom. The number of amides is 2. The maximum absolute atomic E-state index is 13.5. The summed E-state index contributed by atoms with van der Waals surface area (Å²) in [6.07, 6.45) is 1.93. The molecule has 2 amide bonds. The maximum atomic E-state index is 13.5. The van der Waals surface area contributed by atoms with E-state index in [0.29, 0.717) is 32.4 Å². The highest BCUT2D eigenvalue weighted by Crippen LogP contribution is 2.13.